The van der Waals surface area contributed by atoms with E-state index in [9.17, 15) is 0 Å². The molecule has 4 heteroatoms. The number of hydrogen-bond donors (Lipinski definition) is 0. The van der Waals surface area contributed by atoms with Crippen molar-refractivity contribution in [2.24, 2.45) is 0 Å². The Hall–Kier alpha value is -0.735. The zero-order valence-electron chi connectivity index (χ0n) is 11.7. The predicted molar refractivity (Wildman–Crippen MR) is 70.5 cm³/mol. The molecule has 2 rings (SSSR count). The molecule has 1 aliphatic heterocycles. The van der Waals surface area contributed by atoms with Gasteiger partial charge in [-0.1, -0.05) is 0 Å². The van der Waals surface area contributed by atoms with Crippen LogP contribution >= 0.6 is 0 Å². The Bertz CT molecular complexity index is 393. The van der Waals surface area contributed by atoms with Crippen molar-refractivity contribution in [3.05, 3.63) is 18.3 Å². The highest BCUT2D eigenvalue weighted by molar-refractivity contribution is 6.61. The standard InChI is InChI=1S/C13H22BNO2/c1-10(2)15-9-7-8-11(15)14-16-12(3,4)13(5,6)17-14/h7-10H,1-6H3. The first kappa shape index (κ1) is 12.7. The molecule has 1 aliphatic rings. The second-order valence-corrected chi connectivity index (χ2v) is 6.02. The van der Waals surface area contributed by atoms with E-state index in [-0.39, 0.29) is 18.3 Å². The fraction of sp³-hybridized carbons (Fsp3) is 0.692. The monoisotopic (exact) mass is 235 g/mol. The van der Waals surface area contributed by atoms with Gasteiger partial charge in [-0.15, -0.1) is 0 Å². The first-order chi connectivity index (χ1) is 7.74. The van der Waals surface area contributed by atoms with Crippen LogP contribution in [0.15, 0.2) is 18.3 Å². The largest absolute Gasteiger partial charge is 0.512 e. The van der Waals surface area contributed by atoms with Gasteiger partial charge < -0.3 is 13.9 Å². The number of nitrogens with zero attached hydrogens (tertiary/aromatic N) is 1. The molecule has 1 aromatic rings. The third-order valence-electron chi connectivity index (χ3n) is 3.86. The molecular weight excluding hydrogens is 213 g/mol. The van der Waals surface area contributed by atoms with E-state index in [4.69, 9.17) is 9.31 Å². The maximum Gasteiger partial charge on any atom is 0.512 e. The molecule has 0 spiro atoms. The van der Waals surface area contributed by atoms with Gasteiger partial charge in [-0.05, 0) is 53.7 Å². The fourth-order valence-electron chi connectivity index (χ4n) is 2.04. The summed E-state index contributed by atoms with van der Waals surface area (Å²) in [5, 5.41) is 0. The zero-order chi connectivity index (χ0) is 12.8. The average molecular weight is 235 g/mol. The molecule has 0 unspecified atom stereocenters. The minimum Gasteiger partial charge on any atom is -0.398 e. The van der Waals surface area contributed by atoms with Gasteiger partial charge in [0.15, 0.2) is 0 Å². The minimum atomic E-state index is -0.274. The Morgan fingerprint density at radius 2 is 1.65 bits per heavy atom. The highest BCUT2D eigenvalue weighted by Crippen LogP contribution is 2.36. The first-order valence-electron chi connectivity index (χ1n) is 6.27. The van der Waals surface area contributed by atoms with Crippen molar-refractivity contribution in [3.8, 4) is 0 Å². The predicted octanol–water partition coefficient (Wildman–Crippen LogP) is 2.37. The molecule has 0 bridgehead atoms. The van der Waals surface area contributed by atoms with Gasteiger partial charge in [0.1, 0.15) is 0 Å². The summed E-state index contributed by atoms with van der Waals surface area (Å²) in [4.78, 5) is 0. The number of hydrogen-bond acceptors (Lipinski definition) is 2. The summed E-state index contributed by atoms with van der Waals surface area (Å²) in [5.41, 5.74) is 0.548. The Labute approximate surface area is 104 Å². The summed E-state index contributed by atoms with van der Waals surface area (Å²) in [5.74, 6) is 0. The van der Waals surface area contributed by atoms with E-state index in [0.717, 1.165) is 5.59 Å². The molecule has 0 amide bonds. The Balaban J connectivity index is 2.29. The Morgan fingerprint density at radius 3 is 2.12 bits per heavy atom. The number of rotatable bonds is 2. The van der Waals surface area contributed by atoms with Gasteiger partial charge in [0.25, 0.3) is 0 Å². The molecule has 0 saturated carbocycles. The first-order valence-corrected chi connectivity index (χ1v) is 6.27. The van der Waals surface area contributed by atoms with Gasteiger partial charge >= 0.3 is 7.12 Å². The summed E-state index contributed by atoms with van der Waals surface area (Å²) in [7, 11) is -0.266. The molecule has 94 valence electrons. The minimum absolute atomic E-state index is 0.266. The van der Waals surface area contributed by atoms with Crippen LogP contribution in [0.5, 0.6) is 0 Å². The lowest BCUT2D eigenvalue weighted by molar-refractivity contribution is 0.00578. The lowest BCUT2D eigenvalue weighted by Gasteiger charge is -2.32. The maximum atomic E-state index is 6.06. The van der Waals surface area contributed by atoms with Gasteiger partial charge in [0.2, 0.25) is 0 Å². The van der Waals surface area contributed by atoms with Crippen molar-refractivity contribution in [1.82, 2.24) is 4.57 Å². The zero-order valence-corrected chi connectivity index (χ0v) is 11.7. The van der Waals surface area contributed by atoms with Crippen LogP contribution in [-0.4, -0.2) is 22.9 Å². The summed E-state index contributed by atoms with van der Waals surface area (Å²) >= 11 is 0. The topological polar surface area (TPSA) is 23.4 Å². The highest BCUT2D eigenvalue weighted by Gasteiger charge is 2.52. The molecule has 1 saturated heterocycles. The number of aromatic nitrogens is 1. The van der Waals surface area contributed by atoms with Crippen molar-refractivity contribution in [2.75, 3.05) is 0 Å². The Morgan fingerprint density at radius 1 is 1.12 bits per heavy atom. The third-order valence-corrected chi connectivity index (χ3v) is 3.86. The molecule has 3 nitrogen and oxygen atoms in total. The molecule has 0 aliphatic carbocycles. The van der Waals surface area contributed by atoms with E-state index in [0.29, 0.717) is 6.04 Å². The normalized spacial score (nSPS) is 22.4. The van der Waals surface area contributed by atoms with Crippen LogP contribution in [0.2, 0.25) is 0 Å². The summed E-state index contributed by atoms with van der Waals surface area (Å²) < 4.78 is 14.3. The molecule has 0 N–H and O–H groups in total. The van der Waals surface area contributed by atoms with Gasteiger partial charge in [0, 0.05) is 17.8 Å². The Kier molecular flexibility index (Phi) is 2.91. The van der Waals surface area contributed by atoms with Gasteiger partial charge in [-0.2, -0.15) is 0 Å². The van der Waals surface area contributed by atoms with E-state index in [1.54, 1.807) is 0 Å². The lowest BCUT2D eigenvalue weighted by atomic mass is 9.84. The second-order valence-electron chi connectivity index (χ2n) is 6.02. The van der Waals surface area contributed by atoms with Crippen LogP contribution < -0.4 is 5.59 Å². The summed E-state index contributed by atoms with van der Waals surface area (Å²) in [6, 6.07) is 4.53. The molecule has 17 heavy (non-hydrogen) atoms. The van der Waals surface area contributed by atoms with Crippen molar-refractivity contribution in [3.63, 3.8) is 0 Å². The molecular formula is C13H22BNO2. The quantitative estimate of drug-likeness (QED) is 0.734. The van der Waals surface area contributed by atoms with Crippen LogP contribution in [0.25, 0.3) is 0 Å². The van der Waals surface area contributed by atoms with E-state index in [1.165, 1.54) is 0 Å². The average Bonchev–Trinajstić information content (AvgIpc) is 2.69. The summed E-state index contributed by atoms with van der Waals surface area (Å²) in [6.07, 6.45) is 2.07. The molecule has 1 aromatic heterocycles. The van der Waals surface area contributed by atoms with Crippen LogP contribution in [0.1, 0.15) is 47.6 Å². The highest BCUT2D eigenvalue weighted by atomic mass is 16.7. The van der Waals surface area contributed by atoms with E-state index < -0.39 is 0 Å². The van der Waals surface area contributed by atoms with E-state index >= 15 is 0 Å². The third kappa shape index (κ3) is 2.04. The van der Waals surface area contributed by atoms with Crippen molar-refractivity contribution in [1.29, 1.82) is 0 Å². The second kappa shape index (κ2) is 3.89. The fourth-order valence-corrected chi connectivity index (χ4v) is 2.04. The molecule has 0 atom stereocenters. The van der Waals surface area contributed by atoms with Crippen molar-refractivity contribution >= 4 is 12.7 Å². The molecule has 0 aromatic carbocycles. The van der Waals surface area contributed by atoms with Crippen molar-refractivity contribution in [2.45, 2.75) is 58.8 Å². The van der Waals surface area contributed by atoms with E-state index in [1.807, 2.05) is 6.07 Å². The van der Waals surface area contributed by atoms with Gasteiger partial charge in [0.05, 0.1) is 11.2 Å². The van der Waals surface area contributed by atoms with Crippen LogP contribution in [0.4, 0.5) is 0 Å². The summed E-state index contributed by atoms with van der Waals surface area (Å²) in [6.45, 7) is 12.6. The SMILES string of the molecule is CC(C)n1cccc1B1OC(C)(C)C(C)(C)O1. The van der Waals surface area contributed by atoms with Crippen LogP contribution in [-0.2, 0) is 9.31 Å². The van der Waals surface area contributed by atoms with Crippen LogP contribution in [0, 0.1) is 0 Å². The molecule has 0 radical (unpaired) electrons. The van der Waals surface area contributed by atoms with Crippen molar-refractivity contribution < 1.29 is 9.31 Å². The molecule has 1 fully saturated rings. The van der Waals surface area contributed by atoms with Gasteiger partial charge in [-0.25, -0.2) is 0 Å². The maximum absolute atomic E-state index is 6.06. The smallest absolute Gasteiger partial charge is 0.398 e. The molecule has 2 heterocycles. The van der Waals surface area contributed by atoms with Gasteiger partial charge in [-0.3, -0.25) is 0 Å². The van der Waals surface area contributed by atoms with Crippen LogP contribution in [0.3, 0.4) is 0 Å². The van der Waals surface area contributed by atoms with E-state index in [2.05, 4.69) is 58.4 Å². The lowest BCUT2D eigenvalue weighted by Crippen LogP contribution is -2.41.